The molecule has 5 heteroatoms. The lowest BCUT2D eigenvalue weighted by Crippen LogP contribution is -2.22. The van der Waals surface area contributed by atoms with Crippen LogP contribution in [0.4, 0.5) is 0 Å². The first kappa shape index (κ1) is 21.1. The van der Waals surface area contributed by atoms with Gasteiger partial charge >= 0.3 is 0 Å². The van der Waals surface area contributed by atoms with Gasteiger partial charge in [0.25, 0.3) is 5.91 Å². The van der Waals surface area contributed by atoms with Crippen molar-refractivity contribution in [2.45, 2.75) is 19.3 Å². The maximum atomic E-state index is 11.5. The van der Waals surface area contributed by atoms with E-state index in [4.69, 9.17) is 9.94 Å². The standard InChI is InChI=1S/C26H28N2O3/c29-26(27-30)23-12-10-20(11-13-23)18-21(19-28-15-3-4-16-28)14-17-31-25-9-5-7-22-6-1-2-8-24(22)25/h1-2,5-13,18,30H,3-4,14-17,19H2,(H,27,29)/b21-18+. The third-order valence-corrected chi connectivity index (χ3v) is 5.70. The van der Waals surface area contributed by atoms with E-state index in [2.05, 4.69) is 29.2 Å². The molecule has 0 bridgehead atoms. The van der Waals surface area contributed by atoms with Crippen LogP contribution in [0.2, 0.25) is 0 Å². The number of rotatable bonds is 8. The summed E-state index contributed by atoms with van der Waals surface area (Å²) < 4.78 is 6.18. The summed E-state index contributed by atoms with van der Waals surface area (Å²) >= 11 is 0. The molecule has 2 N–H and O–H groups in total. The van der Waals surface area contributed by atoms with E-state index in [-0.39, 0.29) is 0 Å². The van der Waals surface area contributed by atoms with Gasteiger partial charge in [-0.3, -0.25) is 14.9 Å². The van der Waals surface area contributed by atoms with E-state index in [1.165, 1.54) is 23.8 Å². The molecule has 0 unspecified atom stereocenters. The van der Waals surface area contributed by atoms with E-state index < -0.39 is 5.91 Å². The highest BCUT2D eigenvalue weighted by molar-refractivity contribution is 5.93. The predicted molar refractivity (Wildman–Crippen MR) is 123 cm³/mol. The minimum absolute atomic E-state index is 0.431. The van der Waals surface area contributed by atoms with Gasteiger partial charge in [-0.25, -0.2) is 5.48 Å². The second-order valence-electron chi connectivity index (χ2n) is 7.92. The first-order chi connectivity index (χ1) is 15.2. The van der Waals surface area contributed by atoms with Crippen LogP contribution >= 0.6 is 0 Å². The van der Waals surface area contributed by atoms with Gasteiger partial charge in [0.1, 0.15) is 5.75 Å². The number of benzene rings is 3. The van der Waals surface area contributed by atoms with Crippen molar-refractivity contribution in [3.63, 3.8) is 0 Å². The number of hydrogen-bond acceptors (Lipinski definition) is 4. The summed E-state index contributed by atoms with van der Waals surface area (Å²) in [7, 11) is 0. The van der Waals surface area contributed by atoms with Crippen molar-refractivity contribution in [3.8, 4) is 5.75 Å². The molecule has 1 heterocycles. The molecule has 0 aromatic heterocycles. The Bertz CT molecular complexity index is 1050. The molecule has 0 spiro atoms. The molecule has 4 rings (SSSR count). The molecule has 160 valence electrons. The maximum Gasteiger partial charge on any atom is 0.274 e. The normalized spacial score (nSPS) is 14.7. The molecule has 0 saturated carbocycles. The van der Waals surface area contributed by atoms with Crippen molar-refractivity contribution < 1.29 is 14.7 Å². The molecule has 0 radical (unpaired) electrons. The van der Waals surface area contributed by atoms with E-state index in [1.54, 1.807) is 17.6 Å². The van der Waals surface area contributed by atoms with Gasteiger partial charge in [-0.15, -0.1) is 0 Å². The largest absolute Gasteiger partial charge is 0.493 e. The Balaban J connectivity index is 1.46. The molecule has 1 amide bonds. The van der Waals surface area contributed by atoms with Crippen molar-refractivity contribution >= 4 is 22.8 Å². The summed E-state index contributed by atoms with van der Waals surface area (Å²) in [6.07, 6.45) is 5.53. The van der Waals surface area contributed by atoms with Crippen molar-refractivity contribution in [1.82, 2.24) is 10.4 Å². The SMILES string of the molecule is O=C(NO)c1ccc(/C=C(\CCOc2cccc3ccccc23)CN2CCCC2)cc1. The summed E-state index contributed by atoms with van der Waals surface area (Å²) in [6, 6.07) is 21.7. The number of amides is 1. The van der Waals surface area contributed by atoms with Crippen LogP contribution in [-0.4, -0.2) is 42.3 Å². The van der Waals surface area contributed by atoms with E-state index in [1.807, 2.05) is 36.4 Å². The third kappa shape index (κ3) is 5.51. The van der Waals surface area contributed by atoms with Crippen LogP contribution < -0.4 is 10.2 Å². The number of hydroxylamine groups is 1. The van der Waals surface area contributed by atoms with Crippen LogP contribution in [0.3, 0.4) is 0 Å². The zero-order valence-corrected chi connectivity index (χ0v) is 17.6. The number of carbonyl (C=O) groups excluding carboxylic acids is 1. The van der Waals surface area contributed by atoms with Crippen LogP contribution in [0.25, 0.3) is 16.8 Å². The Morgan fingerprint density at radius 2 is 1.74 bits per heavy atom. The van der Waals surface area contributed by atoms with Crippen molar-refractivity contribution in [3.05, 3.63) is 83.4 Å². The molecule has 3 aromatic rings. The van der Waals surface area contributed by atoms with E-state index in [0.29, 0.717) is 12.2 Å². The average molecular weight is 417 g/mol. The molecule has 1 saturated heterocycles. The third-order valence-electron chi connectivity index (χ3n) is 5.70. The molecule has 1 aliphatic rings. The topological polar surface area (TPSA) is 61.8 Å². The Morgan fingerprint density at radius 3 is 2.52 bits per heavy atom. The fourth-order valence-corrected chi connectivity index (χ4v) is 4.07. The first-order valence-corrected chi connectivity index (χ1v) is 10.8. The van der Waals surface area contributed by atoms with Crippen molar-refractivity contribution in [2.24, 2.45) is 0 Å². The minimum atomic E-state index is -0.503. The summed E-state index contributed by atoms with van der Waals surface area (Å²) in [4.78, 5) is 14.0. The fraction of sp³-hybridized carbons (Fsp3) is 0.269. The number of nitrogens with one attached hydrogen (secondary N) is 1. The van der Waals surface area contributed by atoms with Gasteiger partial charge in [-0.05, 0) is 55.1 Å². The van der Waals surface area contributed by atoms with Crippen LogP contribution in [0.5, 0.6) is 5.75 Å². The summed E-state index contributed by atoms with van der Waals surface area (Å²) in [5.74, 6) is 0.411. The van der Waals surface area contributed by atoms with Crippen LogP contribution in [0.1, 0.15) is 35.2 Å². The number of ether oxygens (including phenoxy) is 1. The zero-order valence-electron chi connectivity index (χ0n) is 17.6. The van der Waals surface area contributed by atoms with Gasteiger partial charge in [-0.1, -0.05) is 60.2 Å². The van der Waals surface area contributed by atoms with Gasteiger partial charge in [0.05, 0.1) is 6.61 Å². The summed E-state index contributed by atoms with van der Waals surface area (Å²) in [6.45, 7) is 3.81. The van der Waals surface area contributed by atoms with Crippen LogP contribution in [-0.2, 0) is 0 Å². The number of carbonyl (C=O) groups is 1. The van der Waals surface area contributed by atoms with E-state index >= 15 is 0 Å². The summed E-state index contributed by atoms with van der Waals surface area (Å²) in [5.41, 5.74) is 4.44. The highest BCUT2D eigenvalue weighted by Gasteiger charge is 2.14. The van der Waals surface area contributed by atoms with E-state index in [0.717, 1.165) is 42.8 Å². The molecule has 0 atom stereocenters. The van der Waals surface area contributed by atoms with E-state index in [9.17, 15) is 4.79 Å². The number of nitrogens with zero attached hydrogens (tertiary/aromatic N) is 1. The average Bonchev–Trinajstić information content (AvgIpc) is 3.32. The van der Waals surface area contributed by atoms with Crippen molar-refractivity contribution in [2.75, 3.05) is 26.2 Å². The first-order valence-electron chi connectivity index (χ1n) is 10.8. The predicted octanol–water partition coefficient (Wildman–Crippen LogP) is 4.91. The quantitative estimate of drug-likeness (QED) is 0.405. The minimum Gasteiger partial charge on any atom is -0.493 e. The van der Waals surface area contributed by atoms with Gasteiger partial charge in [0.15, 0.2) is 0 Å². The highest BCUT2D eigenvalue weighted by Crippen LogP contribution is 2.26. The Labute approximate surface area is 182 Å². The van der Waals surface area contributed by atoms with Gasteiger partial charge in [0, 0.05) is 23.9 Å². The summed E-state index contributed by atoms with van der Waals surface area (Å²) in [5, 5.41) is 11.1. The Kier molecular flexibility index (Phi) is 6.97. The number of hydrogen-bond donors (Lipinski definition) is 2. The molecule has 31 heavy (non-hydrogen) atoms. The Morgan fingerprint density at radius 1 is 1.00 bits per heavy atom. The second-order valence-corrected chi connectivity index (χ2v) is 7.92. The molecular formula is C26H28N2O3. The Hall–Kier alpha value is -3.15. The lowest BCUT2D eigenvalue weighted by Gasteiger charge is -2.18. The number of likely N-dealkylation sites (tertiary alicyclic amines) is 1. The molecule has 0 aliphatic carbocycles. The van der Waals surface area contributed by atoms with Crippen LogP contribution in [0, 0.1) is 0 Å². The molecule has 1 fully saturated rings. The van der Waals surface area contributed by atoms with Crippen molar-refractivity contribution in [1.29, 1.82) is 0 Å². The van der Waals surface area contributed by atoms with Gasteiger partial charge < -0.3 is 4.74 Å². The lowest BCUT2D eigenvalue weighted by atomic mass is 10.1. The van der Waals surface area contributed by atoms with Crippen LogP contribution in [0.15, 0.2) is 72.3 Å². The molecule has 1 aliphatic heterocycles. The lowest BCUT2D eigenvalue weighted by molar-refractivity contribution is 0.0706. The smallest absolute Gasteiger partial charge is 0.274 e. The van der Waals surface area contributed by atoms with Gasteiger partial charge in [0.2, 0.25) is 0 Å². The monoisotopic (exact) mass is 416 g/mol. The number of fused-ring (bicyclic) bond motifs is 1. The van der Waals surface area contributed by atoms with Gasteiger partial charge in [-0.2, -0.15) is 0 Å². The highest BCUT2D eigenvalue weighted by atomic mass is 16.5. The molecule has 5 nitrogen and oxygen atoms in total. The fourth-order valence-electron chi connectivity index (χ4n) is 4.07. The molecular weight excluding hydrogens is 388 g/mol. The maximum absolute atomic E-state index is 11.5. The second kappa shape index (κ2) is 10.2. The zero-order chi connectivity index (χ0) is 21.5. The molecule has 3 aromatic carbocycles.